The second-order valence-corrected chi connectivity index (χ2v) is 6.23. The van der Waals surface area contributed by atoms with Crippen LogP contribution >= 0.6 is 15.9 Å². The molecule has 0 bridgehead atoms. The maximum atomic E-state index is 3.63. The molecule has 74 valence electrons. The van der Waals surface area contributed by atoms with E-state index in [-0.39, 0.29) is 0 Å². The second-order valence-electron chi connectivity index (χ2n) is 4.66. The molecule has 0 saturated carbocycles. The van der Waals surface area contributed by atoms with Crippen LogP contribution < -0.4 is 0 Å². The molecule has 0 aliphatic heterocycles. The smallest absolute Gasteiger partial charge is 0.0122 e. The van der Waals surface area contributed by atoms with Crippen molar-refractivity contribution in [3.05, 3.63) is 0 Å². The quantitative estimate of drug-likeness (QED) is 0.610. The Bertz CT molecular complexity index is 116. The van der Waals surface area contributed by atoms with E-state index in [0.717, 1.165) is 5.92 Å². The minimum atomic E-state index is 0.485. The van der Waals surface area contributed by atoms with Crippen LogP contribution in [0.4, 0.5) is 0 Å². The Hall–Kier alpha value is 0.480. The molecule has 0 heterocycles. The van der Waals surface area contributed by atoms with Crippen LogP contribution in [0.2, 0.25) is 0 Å². The molecule has 0 rings (SSSR count). The second kappa shape index (κ2) is 5.26. The van der Waals surface area contributed by atoms with Crippen LogP contribution in [0.5, 0.6) is 0 Å². The van der Waals surface area contributed by atoms with Gasteiger partial charge in [-0.25, -0.2) is 0 Å². The van der Waals surface area contributed by atoms with E-state index in [1.165, 1.54) is 19.3 Å². The Morgan fingerprint density at radius 3 is 2.08 bits per heavy atom. The highest BCUT2D eigenvalue weighted by molar-refractivity contribution is 9.09. The molecule has 12 heavy (non-hydrogen) atoms. The van der Waals surface area contributed by atoms with Crippen molar-refractivity contribution in [3.63, 3.8) is 0 Å². The van der Waals surface area contributed by atoms with Crippen molar-refractivity contribution in [2.75, 3.05) is 0 Å². The van der Waals surface area contributed by atoms with Crippen molar-refractivity contribution < 1.29 is 0 Å². The van der Waals surface area contributed by atoms with Crippen molar-refractivity contribution >= 4 is 15.9 Å². The molecule has 0 aromatic carbocycles. The van der Waals surface area contributed by atoms with Crippen LogP contribution in [0.3, 0.4) is 0 Å². The van der Waals surface area contributed by atoms with Gasteiger partial charge in [-0.05, 0) is 17.8 Å². The molecule has 2 unspecified atom stereocenters. The van der Waals surface area contributed by atoms with Gasteiger partial charge in [0, 0.05) is 4.83 Å². The normalized spacial score (nSPS) is 17.5. The average molecular weight is 235 g/mol. The van der Waals surface area contributed by atoms with Gasteiger partial charge < -0.3 is 0 Å². The highest BCUT2D eigenvalue weighted by Crippen LogP contribution is 2.36. The first-order chi connectivity index (χ1) is 5.40. The van der Waals surface area contributed by atoms with Crippen molar-refractivity contribution in [2.24, 2.45) is 11.3 Å². The van der Waals surface area contributed by atoms with Gasteiger partial charge in [0.2, 0.25) is 0 Å². The third kappa shape index (κ3) is 4.49. The van der Waals surface area contributed by atoms with Crippen LogP contribution in [0, 0.1) is 11.3 Å². The van der Waals surface area contributed by atoms with E-state index in [1.807, 2.05) is 0 Å². The number of rotatable bonds is 5. The van der Waals surface area contributed by atoms with E-state index in [4.69, 9.17) is 0 Å². The van der Waals surface area contributed by atoms with Gasteiger partial charge in [0.15, 0.2) is 0 Å². The molecule has 0 spiro atoms. The Kier molecular flexibility index (Phi) is 5.47. The first kappa shape index (κ1) is 12.5. The fourth-order valence-corrected chi connectivity index (χ4v) is 2.58. The summed E-state index contributed by atoms with van der Waals surface area (Å²) in [5, 5.41) is 0. The first-order valence-corrected chi connectivity index (χ1v) is 5.95. The molecule has 0 fully saturated rings. The van der Waals surface area contributed by atoms with Crippen LogP contribution in [-0.2, 0) is 0 Å². The minimum Gasteiger partial charge on any atom is -0.0893 e. The summed E-state index contributed by atoms with van der Waals surface area (Å²) in [6, 6.07) is 0. The van der Waals surface area contributed by atoms with E-state index < -0.39 is 0 Å². The summed E-state index contributed by atoms with van der Waals surface area (Å²) in [6.45, 7) is 11.6. The molecule has 0 aliphatic carbocycles. The lowest BCUT2D eigenvalue weighted by atomic mass is 9.74. The Morgan fingerprint density at radius 1 is 1.25 bits per heavy atom. The van der Waals surface area contributed by atoms with Crippen LogP contribution in [0.25, 0.3) is 0 Å². The van der Waals surface area contributed by atoms with Crippen LogP contribution in [0.1, 0.15) is 53.9 Å². The highest BCUT2D eigenvalue weighted by Gasteiger charge is 2.26. The topological polar surface area (TPSA) is 0 Å². The third-order valence-electron chi connectivity index (χ3n) is 2.86. The fraction of sp³-hybridized carbons (Fsp3) is 1.00. The van der Waals surface area contributed by atoms with E-state index in [1.54, 1.807) is 0 Å². The summed E-state index contributed by atoms with van der Waals surface area (Å²) in [5.41, 5.74) is 0.485. The van der Waals surface area contributed by atoms with Gasteiger partial charge in [-0.3, -0.25) is 0 Å². The van der Waals surface area contributed by atoms with Gasteiger partial charge in [0.1, 0.15) is 0 Å². The molecule has 0 amide bonds. The van der Waals surface area contributed by atoms with Crippen LogP contribution in [0.15, 0.2) is 0 Å². The fourth-order valence-electron chi connectivity index (χ4n) is 1.75. The standard InChI is InChI=1S/C11H23Br/c1-6-7-9(2)11(4,5)8-10(3)12/h9-10H,6-8H2,1-5H3. The van der Waals surface area contributed by atoms with Gasteiger partial charge in [-0.1, -0.05) is 63.4 Å². The summed E-state index contributed by atoms with van der Waals surface area (Å²) >= 11 is 3.63. The molecule has 1 heteroatoms. The first-order valence-electron chi connectivity index (χ1n) is 5.04. The lowest BCUT2D eigenvalue weighted by Crippen LogP contribution is -2.24. The lowest BCUT2D eigenvalue weighted by molar-refractivity contribution is 0.200. The number of hydrogen-bond acceptors (Lipinski definition) is 0. The Balaban J connectivity index is 3.99. The molecule has 0 aliphatic rings. The summed E-state index contributed by atoms with van der Waals surface area (Å²) in [6.07, 6.45) is 3.93. The maximum Gasteiger partial charge on any atom is 0.0122 e. The zero-order valence-electron chi connectivity index (χ0n) is 9.15. The largest absolute Gasteiger partial charge is 0.0893 e. The van der Waals surface area contributed by atoms with Gasteiger partial charge in [0.25, 0.3) is 0 Å². The van der Waals surface area contributed by atoms with Crippen molar-refractivity contribution in [3.8, 4) is 0 Å². The predicted molar refractivity (Wildman–Crippen MR) is 60.9 cm³/mol. The molecular formula is C11H23Br. The van der Waals surface area contributed by atoms with Gasteiger partial charge >= 0.3 is 0 Å². The Labute approximate surface area is 86.3 Å². The molecular weight excluding hydrogens is 212 g/mol. The van der Waals surface area contributed by atoms with Gasteiger partial charge in [0.05, 0.1) is 0 Å². The SMILES string of the molecule is CCCC(C)C(C)(C)CC(C)Br. The number of halogens is 1. The predicted octanol–water partition coefficient (Wildman–Crippen LogP) is 4.62. The molecule has 2 atom stereocenters. The number of hydrogen-bond donors (Lipinski definition) is 0. The highest BCUT2D eigenvalue weighted by atomic mass is 79.9. The number of alkyl halides is 1. The zero-order chi connectivity index (χ0) is 9.78. The minimum absolute atomic E-state index is 0.485. The monoisotopic (exact) mass is 234 g/mol. The molecule has 0 saturated heterocycles. The van der Waals surface area contributed by atoms with Gasteiger partial charge in [-0.2, -0.15) is 0 Å². The maximum absolute atomic E-state index is 3.63. The molecule has 0 radical (unpaired) electrons. The summed E-state index contributed by atoms with van der Waals surface area (Å²) in [5.74, 6) is 0.836. The third-order valence-corrected chi connectivity index (χ3v) is 3.19. The van der Waals surface area contributed by atoms with Crippen molar-refractivity contribution in [1.82, 2.24) is 0 Å². The summed E-state index contributed by atoms with van der Waals surface area (Å²) in [4.78, 5) is 0.645. The van der Waals surface area contributed by atoms with Crippen molar-refractivity contribution in [2.45, 2.75) is 58.7 Å². The molecule has 0 nitrogen and oxygen atoms in total. The van der Waals surface area contributed by atoms with E-state index in [2.05, 4.69) is 50.5 Å². The molecule has 0 aromatic heterocycles. The molecule has 0 N–H and O–H groups in total. The van der Waals surface area contributed by atoms with E-state index in [0.29, 0.717) is 10.2 Å². The average Bonchev–Trinajstić information content (AvgIpc) is 1.85. The molecule has 0 aromatic rings. The summed E-state index contributed by atoms with van der Waals surface area (Å²) in [7, 11) is 0. The van der Waals surface area contributed by atoms with E-state index in [9.17, 15) is 0 Å². The summed E-state index contributed by atoms with van der Waals surface area (Å²) < 4.78 is 0. The lowest BCUT2D eigenvalue weighted by Gasteiger charge is -2.33. The van der Waals surface area contributed by atoms with Gasteiger partial charge in [-0.15, -0.1) is 0 Å². The zero-order valence-corrected chi connectivity index (χ0v) is 10.7. The Morgan fingerprint density at radius 2 is 1.75 bits per heavy atom. The van der Waals surface area contributed by atoms with Crippen LogP contribution in [-0.4, -0.2) is 4.83 Å². The van der Waals surface area contributed by atoms with Crippen molar-refractivity contribution in [1.29, 1.82) is 0 Å². The van der Waals surface area contributed by atoms with E-state index >= 15 is 0 Å².